The van der Waals surface area contributed by atoms with Crippen molar-refractivity contribution in [3.05, 3.63) is 28.0 Å². The van der Waals surface area contributed by atoms with Gasteiger partial charge in [0.05, 0.1) is 21.3 Å². The Bertz CT molecular complexity index is 426. The van der Waals surface area contributed by atoms with Gasteiger partial charge in [0.2, 0.25) is 5.91 Å². The Balaban J connectivity index is 3.01. The smallest absolute Gasteiger partial charge is 0.244 e. The zero-order valence-electron chi connectivity index (χ0n) is 9.48. The molecule has 0 aliphatic rings. The van der Waals surface area contributed by atoms with E-state index in [2.05, 4.69) is 5.32 Å². The lowest BCUT2D eigenvalue weighted by Crippen LogP contribution is -2.47. The molecule has 0 heterocycles. The molecule has 17 heavy (non-hydrogen) atoms. The van der Waals surface area contributed by atoms with E-state index >= 15 is 0 Å². The van der Waals surface area contributed by atoms with Crippen LogP contribution in [0.25, 0.3) is 0 Å². The fraction of sp³-hybridized carbons (Fsp3) is 0.364. The van der Waals surface area contributed by atoms with Crippen LogP contribution in [0.15, 0.2) is 12.1 Å². The van der Waals surface area contributed by atoms with Gasteiger partial charge in [-0.25, -0.2) is 4.39 Å². The molecule has 3 nitrogen and oxygen atoms in total. The van der Waals surface area contributed by atoms with E-state index in [1.54, 1.807) is 13.8 Å². The first-order valence-corrected chi connectivity index (χ1v) is 5.78. The molecule has 0 saturated heterocycles. The van der Waals surface area contributed by atoms with E-state index in [4.69, 9.17) is 28.9 Å². The lowest BCUT2D eigenvalue weighted by molar-refractivity contribution is -0.120. The van der Waals surface area contributed by atoms with Gasteiger partial charge in [-0.2, -0.15) is 0 Å². The summed E-state index contributed by atoms with van der Waals surface area (Å²) < 4.78 is 12.9. The molecule has 1 aromatic rings. The monoisotopic (exact) mass is 278 g/mol. The Labute approximate surface area is 109 Å². The van der Waals surface area contributed by atoms with Gasteiger partial charge in [-0.15, -0.1) is 0 Å². The van der Waals surface area contributed by atoms with Gasteiger partial charge in [0, 0.05) is 0 Å². The van der Waals surface area contributed by atoms with Crippen LogP contribution in [0.1, 0.15) is 20.3 Å². The Morgan fingerprint density at radius 3 is 2.35 bits per heavy atom. The predicted molar refractivity (Wildman–Crippen MR) is 67.9 cm³/mol. The average molecular weight is 279 g/mol. The lowest BCUT2D eigenvalue weighted by atomic mass is 9.99. The second kappa shape index (κ2) is 5.21. The first kappa shape index (κ1) is 14.2. The highest BCUT2D eigenvalue weighted by Crippen LogP contribution is 2.31. The second-order valence-electron chi connectivity index (χ2n) is 3.97. The first-order valence-electron chi connectivity index (χ1n) is 5.03. The molecular formula is C11H13Cl2FN2O. The van der Waals surface area contributed by atoms with Crippen molar-refractivity contribution >= 4 is 34.8 Å². The number of benzene rings is 1. The van der Waals surface area contributed by atoms with Crippen LogP contribution in [-0.2, 0) is 4.79 Å². The number of carbonyl (C=O) groups excluding carboxylic acids is 1. The molecule has 1 aromatic carbocycles. The van der Waals surface area contributed by atoms with Crippen LogP contribution < -0.4 is 11.1 Å². The third-order valence-corrected chi connectivity index (χ3v) is 3.09. The topological polar surface area (TPSA) is 55.1 Å². The molecule has 0 bridgehead atoms. The van der Waals surface area contributed by atoms with Crippen LogP contribution in [0, 0.1) is 5.82 Å². The van der Waals surface area contributed by atoms with Crippen molar-refractivity contribution in [3.63, 3.8) is 0 Å². The SMILES string of the molecule is CCC(C)(N)C(=O)Nc1c(Cl)cc(F)cc1Cl. The van der Waals surface area contributed by atoms with E-state index in [9.17, 15) is 9.18 Å². The van der Waals surface area contributed by atoms with Gasteiger partial charge < -0.3 is 11.1 Å². The highest BCUT2D eigenvalue weighted by Gasteiger charge is 2.27. The molecule has 0 aliphatic carbocycles. The number of anilines is 1. The van der Waals surface area contributed by atoms with E-state index in [1.807, 2.05) is 0 Å². The zero-order valence-corrected chi connectivity index (χ0v) is 11.0. The van der Waals surface area contributed by atoms with E-state index in [1.165, 1.54) is 0 Å². The Kier molecular flexibility index (Phi) is 4.36. The number of halogens is 3. The highest BCUT2D eigenvalue weighted by molar-refractivity contribution is 6.39. The minimum absolute atomic E-state index is 0.0373. The number of hydrogen-bond donors (Lipinski definition) is 2. The molecule has 0 saturated carbocycles. The summed E-state index contributed by atoms with van der Waals surface area (Å²) in [7, 11) is 0. The summed E-state index contributed by atoms with van der Waals surface area (Å²) >= 11 is 11.6. The summed E-state index contributed by atoms with van der Waals surface area (Å²) in [6, 6.07) is 2.14. The van der Waals surface area contributed by atoms with Crippen LogP contribution in [-0.4, -0.2) is 11.4 Å². The van der Waals surface area contributed by atoms with Crippen molar-refractivity contribution < 1.29 is 9.18 Å². The third-order valence-electron chi connectivity index (χ3n) is 2.50. The van der Waals surface area contributed by atoms with Crippen molar-refractivity contribution in [2.45, 2.75) is 25.8 Å². The van der Waals surface area contributed by atoms with Gasteiger partial charge in [-0.3, -0.25) is 4.79 Å². The molecule has 0 aromatic heterocycles. The summed E-state index contributed by atoms with van der Waals surface area (Å²) in [5.41, 5.74) is 4.91. The number of hydrogen-bond acceptors (Lipinski definition) is 2. The van der Waals surface area contributed by atoms with Gasteiger partial charge in [-0.1, -0.05) is 30.1 Å². The largest absolute Gasteiger partial charge is 0.322 e. The number of nitrogens with two attached hydrogens (primary N) is 1. The maximum Gasteiger partial charge on any atom is 0.244 e. The minimum atomic E-state index is -1.03. The second-order valence-corrected chi connectivity index (χ2v) is 4.78. The molecule has 0 radical (unpaired) electrons. The summed E-state index contributed by atoms with van der Waals surface area (Å²) in [5, 5.41) is 2.58. The molecule has 0 spiro atoms. The Hall–Kier alpha value is -0.840. The van der Waals surface area contributed by atoms with E-state index in [-0.39, 0.29) is 15.7 Å². The molecule has 0 fully saturated rings. The van der Waals surface area contributed by atoms with Gasteiger partial charge in [-0.05, 0) is 25.5 Å². The zero-order chi connectivity index (χ0) is 13.2. The van der Waals surface area contributed by atoms with Crippen molar-refractivity contribution in [2.75, 3.05) is 5.32 Å². The molecule has 1 unspecified atom stereocenters. The lowest BCUT2D eigenvalue weighted by Gasteiger charge is -2.22. The maximum atomic E-state index is 12.9. The van der Waals surface area contributed by atoms with Crippen LogP contribution in [0.2, 0.25) is 10.0 Å². The summed E-state index contributed by atoms with van der Waals surface area (Å²) in [6.07, 6.45) is 0.454. The van der Waals surface area contributed by atoms with Crippen molar-refractivity contribution in [2.24, 2.45) is 5.73 Å². The number of carbonyl (C=O) groups is 1. The number of amides is 1. The molecule has 0 aliphatic heterocycles. The fourth-order valence-electron chi connectivity index (χ4n) is 1.08. The van der Waals surface area contributed by atoms with Crippen LogP contribution in [0.3, 0.4) is 0 Å². The molecule has 94 valence electrons. The molecule has 6 heteroatoms. The van der Waals surface area contributed by atoms with Crippen LogP contribution >= 0.6 is 23.2 Å². The van der Waals surface area contributed by atoms with E-state index in [0.29, 0.717) is 6.42 Å². The summed E-state index contributed by atoms with van der Waals surface area (Å²) in [5.74, 6) is -0.987. The summed E-state index contributed by atoms with van der Waals surface area (Å²) in [6.45, 7) is 3.38. The maximum absolute atomic E-state index is 12.9. The minimum Gasteiger partial charge on any atom is -0.322 e. The first-order chi connectivity index (χ1) is 7.77. The average Bonchev–Trinajstić information content (AvgIpc) is 2.22. The van der Waals surface area contributed by atoms with Crippen molar-refractivity contribution in [1.29, 1.82) is 0 Å². The molecule has 3 N–H and O–H groups in total. The third kappa shape index (κ3) is 3.31. The Morgan fingerprint density at radius 1 is 1.47 bits per heavy atom. The molecule has 1 rings (SSSR count). The van der Waals surface area contributed by atoms with E-state index in [0.717, 1.165) is 12.1 Å². The quantitative estimate of drug-likeness (QED) is 0.892. The van der Waals surface area contributed by atoms with E-state index < -0.39 is 17.3 Å². The fourth-order valence-corrected chi connectivity index (χ4v) is 1.63. The normalized spacial score (nSPS) is 14.2. The summed E-state index contributed by atoms with van der Waals surface area (Å²) in [4.78, 5) is 11.8. The highest BCUT2D eigenvalue weighted by atomic mass is 35.5. The van der Waals surface area contributed by atoms with Gasteiger partial charge in [0.25, 0.3) is 0 Å². The van der Waals surface area contributed by atoms with Gasteiger partial charge in [0.1, 0.15) is 5.82 Å². The predicted octanol–water partition coefficient (Wildman–Crippen LogP) is 3.20. The van der Waals surface area contributed by atoms with Gasteiger partial charge in [0.15, 0.2) is 0 Å². The molecule has 1 atom stereocenters. The standard InChI is InChI=1S/C11H13Cl2FN2O/c1-3-11(2,15)10(17)16-9-7(12)4-6(14)5-8(9)13/h4-5H,3,15H2,1-2H3,(H,16,17). The van der Waals surface area contributed by atoms with Crippen molar-refractivity contribution in [1.82, 2.24) is 0 Å². The molecule has 1 amide bonds. The Morgan fingerprint density at radius 2 is 1.94 bits per heavy atom. The van der Waals surface area contributed by atoms with Crippen LogP contribution in [0.4, 0.5) is 10.1 Å². The van der Waals surface area contributed by atoms with Crippen molar-refractivity contribution in [3.8, 4) is 0 Å². The number of rotatable bonds is 3. The molecular weight excluding hydrogens is 266 g/mol. The number of nitrogens with one attached hydrogen (secondary N) is 1. The van der Waals surface area contributed by atoms with Crippen LogP contribution in [0.5, 0.6) is 0 Å². The van der Waals surface area contributed by atoms with Gasteiger partial charge >= 0.3 is 0 Å².